The Balaban J connectivity index is 2.14. The number of rotatable bonds is 5. The minimum Gasteiger partial charge on any atom is -0.465 e. The van der Waals surface area contributed by atoms with Crippen LogP contribution in [0.4, 0.5) is 4.79 Å². The van der Waals surface area contributed by atoms with Gasteiger partial charge in [-0.15, -0.1) is 0 Å². The molecule has 0 aromatic heterocycles. The minimum absolute atomic E-state index is 0.133. The lowest BCUT2D eigenvalue weighted by Crippen LogP contribution is -2.41. The highest BCUT2D eigenvalue weighted by Gasteiger charge is 2.51. The Morgan fingerprint density at radius 1 is 1.12 bits per heavy atom. The number of carboxylic acid groups (broad SMARTS) is 1. The van der Waals surface area contributed by atoms with Crippen LogP contribution in [-0.2, 0) is 9.31 Å². The van der Waals surface area contributed by atoms with Crippen LogP contribution in [0.1, 0.15) is 53.0 Å². The highest BCUT2D eigenvalue weighted by atomic mass is 16.7. The minimum atomic E-state index is -0.991. The maximum atomic E-state index is 10.8. The molecule has 1 fully saturated rings. The van der Waals surface area contributed by atoms with Gasteiger partial charge < -0.3 is 19.7 Å². The average molecular weight is 333 g/mol. The van der Waals surface area contributed by atoms with Gasteiger partial charge in [0, 0.05) is 12.5 Å². The van der Waals surface area contributed by atoms with Crippen LogP contribution >= 0.6 is 0 Å². The summed E-state index contributed by atoms with van der Waals surface area (Å²) >= 11 is 0. The molecule has 1 aromatic carbocycles. The lowest BCUT2D eigenvalue weighted by atomic mass is 9.77. The molecular formula is C18H28BNO4. The van der Waals surface area contributed by atoms with Crippen LogP contribution in [0, 0.1) is 5.92 Å². The van der Waals surface area contributed by atoms with Crippen molar-refractivity contribution >= 4 is 18.7 Å². The van der Waals surface area contributed by atoms with Gasteiger partial charge in [0.25, 0.3) is 0 Å². The molecule has 1 aliphatic heterocycles. The first-order valence-corrected chi connectivity index (χ1v) is 8.46. The zero-order valence-electron chi connectivity index (χ0n) is 15.4. The SMILES string of the molecule is CC(C)C(CNC(=O)O)c1ccc(B2OC(C)(C)C(C)(C)O2)cc1. The maximum Gasteiger partial charge on any atom is 0.494 e. The molecule has 1 aliphatic rings. The van der Waals surface area contributed by atoms with Crippen LogP contribution in [0.25, 0.3) is 0 Å². The van der Waals surface area contributed by atoms with Crippen molar-refractivity contribution in [2.75, 3.05) is 6.54 Å². The van der Waals surface area contributed by atoms with Gasteiger partial charge in [0.1, 0.15) is 0 Å². The molecule has 0 saturated carbocycles. The average Bonchev–Trinajstić information content (AvgIpc) is 2.67. The standard InChI is InChI=1S/C18H28BNO4/c1-12(2)15(11-20-16(21)22)13-7-9-14(10-8-13)19-23-17(3,4)18(5,6)24-19/h7-10,12,15,20H,11H2,1-6H3,(H,21,22). The summed E-state index contributed by atoms with van der Waals surface area (Å²) in [4.78, 5) is 10.8. The number of amides is 1. The highest BCUT2D eigenvalue weighted by Crippen LogP contribution is 2.36. The molecule has 1 unspecified atom stereocenters. The summed E-state index contributed by atoms with van der Waals surface area (Å²) < 4.78 is 12.1. The summed E-state index contributed by atoms with van der Waals surface area (Å²) in [5.74, 6) is 0.466. The van der Waals surface area contributed by atoms with Crippen LogP contribution < -0.4 is 10.8 Å². The van der Waals surface area contributed by atoms with Crippen LogP contribution in [0.15, 0.2) is 24.3 Å². The molecular weight excluding hydrogens is 305 g/mol. The Hall–Kier alpha value is -1.53. The normalized spacial score (nSPS) is 20.2. The van der Waals surface area contributed by atoms with Gasteiger partial charge in [0.15, 0.2) is 0 Å². The lowest BCUT2D eigenvalue weighted by molar-refractivity contribution is 0.00578. The van der Waals surface area contributed by atoms with Crippen LogP contribution in [0.2, 0.25) is 0 Å². The summed E-state index contributed by atoms with van der Waals surface area (Å²) in [6.07, 6.45) is -0.991. The second-order valence-electron chi connectivity index (χ2n) is 7.79. The van der Waals surface area contributed by atoms with Gasteiger partial charge in [-0.2, -0.15) is 0 Å². The Morgan fingerprint density at radius 2 is 1.62 bits per heavy atom. The van der Waals surface area contributed by atoms with Crippen molar-refractivity contribution in [1.29, 1.82) is 0 Å². The summed E-state index contributed by atoms with van der Waals surface area (Å²) in [5.41, 5.74) is 1.37. The Bertz CT molecular complexity index is 567. The van der Waals surface area contributed by atoms with E-state index in [4.69, 9.17) is 14.4 Å². The molecule has 2 rings (SSSR count). The molecule has 132 valence electrons. The molecule has 0 aliphatic carbocycles. The fourth-order valence-corrected chi connectivity index (χ4v) is 2.82. The quantitative estimate of drug-likeness (QED) is 0.813. The van der Waals surface area contributed by atoms with E-state index in [1.807, 2.05) is 52.0 Å². The Morgan fingerprint density at radius 3 is 2.04 bits per heavy atom. The van der Waals surface area contributed by atoms with E-state index in [-0.39, 0.29) is 24.2 Å². The molecule has 5 nitrogen and oxygen atoms in total. The van der Waals surface area contributed by atoms with Crippen molar-refractivity contribution in [3.05, 3.63) is 29.8 Å². The zero-order valence-corrected chi connectivity index (χ0v) is 15.4. The first-order chi connectivity index (χ1) is 11.0. The maximum absolute atomic E-state index is 10.8. The van der Waals surface area contributed by atoms with Crippen molar-refractivity contribution in [3.63, 3.8) is 0 Å². The monoisotopic (exact) mass is 333 g/mol. The smallest absolute Gasteiger partial charge is 0.465 e. The summed E-state index contributed by atoms with van der Waals surface area (Å²) in [5, 5.41) is 11.3. The third kappa shape index (κ3) is 3.93. The second kappa shape index (κ2) is 6.77. The van der Waals surface area contributed by atoms with Crippen LogP contribution in [0.5, 0.6) is 0 Å². The van der Waals surface area contributed by atoms with Gasteiger partial charge in [0.05, 0.1) is 11.2 Å². The zero-order chi connectivity index (χ0) is 18.1. The third-order valence-electron chi connectivity index (χ3n) is 5.17. The van der Waals surface area contributed by atoms with Crippen molar-refractivity contribution in [2.45, 2.75) is 58.7 Å². The first kappa shape index (κ1) is 18.8. The predicted octanol–water partition coefficient (Wildman–Crippen LogP) is 2.99. The third-order valence-corrected chi connectivity index (χ3v) is 5.17. The van der Waals surface area contributed by atoms with E-state index in [0.717, 1.165) is 11.0 Å². The molecule has 1 heterocycles. The molecule has 2 N–H and O–H groups in total. The van der Waals surface area contributed by atoms with Gasteiger partial charge >= 0.3 is 13.2 Å². The van der Waals surface area contributed by atoms with Crippen molar-refractivity contribution in [3.8, 4) is 0 Å². The van der Waals surface area contributed by atoms with Gasteiger partial charge in [-0.05, 0) is 44.6 Å². The lowest BCUT2D eigenvalue weighted by Gasteiger charge is -2.32. The summed E-state index contributed by atoms with van der Waals surface area (Å²) in [6.45, 7) is 12.7. The highest BCUT2D eigenvalue weighted by molar-refractivity contribution is 6.62. The molecule has 6 heteroatoms. The van der Waals surface area contributed by atoms with Gasteiger partial charge in [0.2, 0.25) is 0 Å². The topological polar surface area (TPSA) is 67.8 Å². The van der Waals surface area contributed by atoms with Crippen LogP contribution in [0.3, 0.4) is 0 Å². The summed E-state index contributed by atoms with van der Waals surface area (Å²) in [6, 6.07) is 8.09. The van der Waals surface area contributed by atoms with E-state index in [2.05, 4.69) is 19.2 Å². The van der Waals surface area contributed by atoms with E-state index in [0.29, 0.717) is 12.5 Å². The molecule has 0 radical (unpaired) electrons. The molecule has 24 heavy (non-hydrogen) atoms. The second-order valence-corrected chi connectivity index (χ2v) is 7.79. The number of nitrogens with one attached hydrogen (secondary N) is 1. The first-order valence-electron chi connectivity index (χ1n) is 8.46. The number of carbonyl (C=O) groups is 1. The fourth-order valence-electron chi connectivity index (χ4n) is 2.82. The Kier molecular flexibility index (Phi) is 5.30. The van der Waals surface area contributed by atoms with E-state index >= 15 is 0 Å². The summed E-state index contributed by atoms with van der Waals surface area (Å²) in [7, 11) is -0.376. The molecule has 0 spiro atoms. The van der Waals surface area contributed by atoms with Crippen molar-refractivity contribution < 1.29 is 19.2 Å². The number of benzene rings is 1. The van der Waals surface area contributed by atoms with Gasteiger partial charge in [-0.3, -0.25) is 0 Å². The predicted molar refractivity (Wildman–Crippen MR) is 95.8 cm³/mol. The largest absolute Gasteiger partial charge is 0.494 e. The molecule has 1 amide bonds. The molecule has 1 aromatic rings. The number of hydrogen-bond donors (Lipinski definition) is 2. The van der Waals surface area contributed by atoms with Crippen molar-refractivity contribution in [1.82, 2.24) is 5.32 Å². The van der Waals surface area contributed by atoms with Gasteiger partial charge in [-0.25, -0.2) is 4.79 Å². The molecule has 1 atom stereocenters. The van der Waals surface area contributed by atoms with E-state index in [9.17, 15) is 4.79 Å². The fraction of sp³-hybridized carbons (Fsp3) is 0.611. The number of hydrogen-bond acceptors (Lipinski definition) is 3. The molecule has 1 saturated heterocycles. The van der Waals surface area contributed by atoms with E-state index < -0.39 is 6.09 Å². The van der Waals surface area contributed by atoms with Crippen LogP contribution in [-0.4, -0.2) is 36.1 Å². The van der Waals surface area contributed by atoms with Gasteiger partial charge in [-0.1, -0.05) is 38.1 Å². The van der Waals surface area contributed by atoms with E-state index in [1.165, 1.54) is 0 Å². The van der Waals surface area contributed by atoms with E-state index in [1.54, 1.807) is 0 Å². The van der Waals surface area contributed by atoms with Crippen molar-refractivity contribution in [2.24, 2.45) is 5.92 Å². The molecule has 0 bridgehead atoms. The Labute approximate surface area is 144 Å².